The molecule has 0 radical (unpaired) electrons. The summed E-state index contributed by atoms with van der Waals surface area (Å²) in [5.41, 5.74) is 3.68. The summed E-state index contributed by atoms with van der Waals surface area (Å²) < 4.78 is 3.27. The molecule has 0 fully saturated rings. The predicted octanol–water partition coefficient (Wildman–Crippen LogP) is 4.92. The van der Waals surface area contributed by atoms with Crippen LogP contribution in [0.15, 0.2) is 89.3 Å². The van der Waals surface area contributed by atoms with Gasteiger partial charge in [-0.1, -0.05) is 11.6 Å². The normalized spacial score (nSPS) is 11.0. The van der Waals surface area contributed by atoms with Gasteiger partial charge in [0.2, 0.25) is 0 Å². The van der Waals surface area contributed by atoms with E-state index in [0.29, 0.717) is 39.2 Å². The third-order valence-electron chi connectivity index (χ3n) is 6.21. The van der Waals surface area contributed by atoms with Crippen molar-refractivity contribution in [3.05, 3.63) is 115 Å². The molecule has 0 aliphatic rings. The van der Waals surface area contributed by atoms with E-state index in [0.717, 1.165) is 4.88 Å². The van der Waals surface area contributed by atoms with Gasteiger partial charge in [-0.25, -0.2) is 15.0 Å². The predicted molar refractivity (Wildman–Crippen MR) is 160 cm³/mol. The number of carbonyl (C=O) groups is 2. The molecule has 0 amide bonds. The molecule has 6 heterocycles. The molecule has 6 aromatic heterocycles. The van der Waals surface area contributed by atoms with E-state index >= 15 is 0 Å². The highest BCUT2D eigenvalue weighted by Crippen LogP contribution is 2.28. The molecule has 0 atom stereocenters. The van der Waals surface area contributed by atoms with Gasteiger partial charge in [-0.05, 0) is 30.3 Å². The second-order valence-electron chi connectivity index (χ2n) is 8.90. The topological polar surface area (TPSA) is 138 Å². The lowest BCUT2D eigenvalue weighted by molar-refractivity contribution is 0.0941. The zero-order valence-electron chi connectivity index (χ0n) is 21.5. The van der Waals surface area contributed by atoms with Crippen molar-refractivity contribution in [2.75, 3.05) is 5.32 Å². The number of thiophene rings is 1. The van der Waals surface area contributed by atoms with Crippen molar-refractivity contribution in [2.24, 2.45) is 0 Å². The van der Waals surface area contributed by atoms with Gasteiger partial charge in [-0.3, -0.25) is 19.4 Å². The van der Waals surface area contributed by atoms with Gasteiger partial charge in [0.25, 0.3) is 11.5 Å². The number of halogens is 1. The van der Waals surface area contributed by atoms with Gasteiger partial charge in [-0.2, -0.15) is 9.78 Å². The number of nitrogens with zero attached hydrogens (tertiary/aromatic N) is 7. The maximum atomic E-state index is 13.5. The number of hydrogen-bond donors (Lipinski definition) is 1. The minimum atomic E-state index is -0.424. The lowest BCUT2D eigenvalue weighted by Crippen LogP contribution is -2.25. The smallest absolute Gasteiger partial charge is 0.299 e. The van der Waals surface area contributed by atoms with Crippen LogP contribution in [-0.2, 0) is 13.1 Å². The molecule has 0 unspecified atom stereocenters. The van der Waals surface area contributed by atoms with Gasteiger partial charge >= 0.3 is 0 Å². The first-order valence-electron chi connectivity index (χ1n) is 12.4. The van der Waals surface area contributed by atoms with Crippen LogP contribution in [0.2, 0.25) is 4.34 Å². The molecule has 0 aromatic carbocycles. The van der Waals surface area contributed by atoms with Gasteiger partial charge in [0.1, 0.15) is 17.8 Å². The van der Waals surface area contributed by atoms with Crippen molar-refractivity contribution in [1.82, 2.24) is 34.3 Å². The number of thiazole rings is 1. The number of anilines is 1. The van der Waals surface area contributed by atoms with Gasteiger partial charge < -0.3 is 9.88 Å². The number of rotatable bonds is 9. The highest BCUT2D eigenvalue weighted by molar-refractivity contribution is 7.16. The van der Waals surface area contributed by atoms with E-state index in [1.807, 2.05) is 6.07 Å². The highest BCUT2D eigenvalue weighted by Gasteiger charge is 2.21. The standard InChI is InChI=1S/C28H19ClN8O3S2/c29-25-2-1-20(42-25)12-33-26-9-21(35-37(26)28(40)22-14-41-16-34-22)18-7-23(17-3-5-30-6-4-17)36(27(39)8-18)13-24(38)19-10-31-15-32-11-19/h1-11,14-16,33H,12-13H2. The van der Waals surface area contributed by atoms with Gasteiger partial charge in [0, 0.05) is 58.3 Å². The summed E-state index contributed by atoms with van der Waals surface area (Å²) in [6, 6.07) is 12.0. The van der Waals surface area contributed by atoms with Crippen molar-refractivity contribution in [3.8, 4) is 22.5 Å². The molecule has 0 saturated carbocycles. The molecule has 0 spiro atoms. The summed E-state index contributed by atoms with van der Waals surface area (Å²) in [7, 11) is 0. The van der Waals surface area contributed by atoms with Crippen LogP contribution in [-0.4, -0.2) is 46.0 Å². The first kappa shape index (κ1) is 27.3. The molecule has 11 nitrogen and oxygen atoms in total. The summed E-state index contributed by atoms with van der Waals surface area (Å²) >= 11 is 8.81. The Morgan fingerprint density at radius 3 is 2.50 bits per heavy atom. The maximum absolute atomic E-state index is 13.5. The molecule has 1 N–H and O–H groups in total. The van der Waals surface area contributed by atoms with Crippen LogP contribution in [0.5, 0.6) is 0 Å². The quantitative estimate of drug-likeness (QED) is 0.225. The number of aromatic nitrogens is 7. The van der Waals surface area contributed by atoms with Crippen molar-refractivity contribution >= 4 is 51.8 Å². The van der Waals surface area contributed by atoms with Crippen molar-refractivity contribution in [3.63, 3.8) is 0 Å². The van der Waals surface area contributed by atoms with Crippen LogP contribution >= 0.6 is 34.3 Å². The van der Waals surface area contributed by atoms with Crippen LogP contribution in [0.1, 0.15) is 25.7 Å². The van der Waals surface area contributed by atoms with Gasteiger partial charge in [0.05, 0.1) is 39.9 Å². The molecule has 0 aliphatic carbocycles. The minimum absolute atomic E-state index is 0.225. The number of ketones is 1. The van der Waals surface area contributed by atoms with Crippen molar-refractivity contribution in [2.45, 2.75) is 13.1 Å². The van der Waals surface area contributed by atoms with Crippen LogP contribution in [0.25, 0.3) is 22.5 Å². The largest absolute Gasteiger partial charge is 0.365 e. The van der Waals surface area contributed by atoms with Crippen LogP contribution in [0, 0.1) is 0 Å². The summed E-state index contributed by atoms with van der Waals surface area (Å²) in [5, 5.41) is 9.46. The summed E-state index contributed by atoms with van der Waals surface area (Å²) in [6.07, 6.45) is 7.35. The average molecular weight is 615 g/mol. The van der Waals surface area contributed by atoms with Gasteiger partial charge in [0.15, 0.2) is 5.78 Å². The van der Waals surface area contributed by atoms with E-state index in [9.17, 15) is 14.4 Å². The van der Waals surface area contributed by atoms with Gasteiger partial charge in [-0.15, -0.1) is 22.7 Å². The van der Waals surface area contributed by atoms with E-state index in [-0.39, 0.29) is 23.6 Å². The minimum Gasteiger partial charge on any atom is -0.365 e. The maximum Gasteiger partial charge on any atom is 0.299 e. The molecule has 208 valence electrons. The third kappa shape index (κ3) is 5.79. The molecule has 0 saturated heterocycles. The SMILES string of the molecule is O=C(Cn1c(-c2ccncc2)cc(-c2cc(NCc3ccc(Cl)s3)n(C(=O)c3cscn3)n2)cc1=O)c1cncnc1. The Labute approximate surface area is 251 Å². The first-order chi connectivity index (χ1) is 20.5. The Morgan fingerprint density at radius 1 is 0.976 bits per heavy atom. The highest BCUT2D eigenvalue weighted by atomic mass is 35.5. The number of hydrogen-bond acceptors (Lipinski definition) is 11. The first-order valence-corrected chi connectivity index (χ1v) is 14.5. The second kappa shape index (κ2) is 11.9. The van der Waals surface area contributed by atoms with E-state index < -0.39 is 11.5 Å². The molecule has 6 aromatic rings. The summed E-state index contributed by atoms with van der Waals surface area (Å²) in [5.74, 6) is -0.326. The Morgan fingerprint density at radius 2 is 1.79 bits per heavy atom. The molecular weight excluding hydrogens is 596 g/mol. The third-order valence-corrected chi connectivity index (χ3v) is 8.03. The Kier molecular flexibility index (Phi) is 7.77. The van der Waals surface area contributed by atoms with Crippen molar-refractivity contribution in [1.29, 1.82) is 0 Å². The molecule has 0 bridgehead atoms. The molecular formula is C28H19ClN8O3S2. The number of pyridine rings is 2. The number of carbonyl (C=O) groups excluding carboxylic acids is 2. The lowest BCUT2D eigenvalue weighted by Gasteiger charge is -2.14. The van der Waals surface area contributed by atoms with Crippen LogP contribution in [0.3, 0.4) is 0 Å². The van der Waals surface area contributed by atoms with E-state index in [1.54, 1.807) is 53.6 Å². The van der Waals surface area contributed by atoms with Crippen molar-refractivity contribution < 1.29 is 9.59 Å². The Hall–Kier alpha value is -4.85. The van der Waals surface area contributed by atoms with Crippen LogP contribution < -0.4 is 10.9 Å². The van der Waals surface area contributed by atoms with E-state index in [2.05, 4.69) is 30.4 Å². The summed E-state index contributed by atoms with van der Waals surface area (Å²) in [4.78, 5) is 56.8. The monoisotopic (exact) mass is 614 g/mol. The fourth-order valence-corrected chi connectivity index (χ4v) is 5.75. The molecule has 14 heteroatoms. The number of Topliss-reactive ketones (excluding diaryl/α,β-unsaturated/α-hetero) is 1. The zero-order valence-corrected chi connectivity index (χ0v) is 23.9. The van der Waals surface area contributed by atoms with Crippen LogP contribution in [0.4, 0.5) is 5.82 Å². The molecule has 0 aliphatic heterocycles. The fraction of sp³-hybridized carbons (Fsp3) is 0.0714. The average Bonchev–Trinajstić information content (AvgIpc) is 3.79. The molecule has 6 rings (SSSR count). The zero-order chi connectivity index (χ0) is 29.1. The summed E-state index contributed by atoms with van der Waals surface area (Å²) in [6.45, 7) is 0.180. The van der Waals surface area contributed by atoms with E-state index in [1.165, 1.54) is 56.7 Å². The fourth-order valence-electron chi connectivity index (χ4n) is 4.20. The Balaban J connectivity index is 1.42. The number of nitrogens with one attached hydrogen (secondary N) is 1. The molecule has 42 heavy (non-hydrogen) atoms. The lowest BCUT2D eigenvalue weighted by atomic mass is 10.1. The second-order valence-corrected chi connectivity index (χ2v) is 11.4. The van der Waals surface area contributed by atoms with E-state index in [4.69, 9.17) is 11.6 Å². The Bertz CT molecular complexity index is 1940.